The molecule has 0 unspecified atom stereocenters. The molecule has 0 amide bonds. The third-order valence-corrected chi connectivity index (χ3v) is 5.18. The lowest BCUT2D eigenvalue weighted by Crippen LogP contribution is -2.25. The van der Waals surface area contributed by atoms with Gasteiger partial charge in [-0.3, -0.25) is 0 Å². The number of benzene rings is 3. The minimum atomic E-state index is -0.414. The molecule has 0 radical (unpaired) electrons. The lowest BCUT2D eigenvalue weighted by atomic mass is 9.97. The summed E-state index contributed by atoms with van der Waals surface area (Å²) in [7, 11) is 4.78. The van der Waals surface area contributed by atoms with Gasteiger partial charge in [0.2, 0.25) is 5.75 Å². The summed E-state index contributed by atoms with van der Waals surface area (Å²) < 4.78 is 22.9. The van der Waals surface area contributed by atoms with Gasteiger partial charge in [0.05, 0.1) is 21.3 Å². The number of fused-ring (bicyclic) bond motifs is 1. The Kier molecular flexibility index (Phi) is 5.51. The van der Waals surface area contributed by atoms with Crippen LogP contribution in [0.1, 0.15) is 29.0 Å². The zero-order valence-corrected chi connectivity index (χ0v) is 17.2. The Morgan fingerprint density at radius 1 is 0.828 bits per heavy atom. The first-order valence-corrected chi connectivity index (χ1v) is 9.58. The van der Waals surface area contributed by atoms with Crippen LogP contribution in [0, 0.1) is 0 Å². The van der Waals surface area contributed by atoms with Crippen LogP contribution < -0.4 is 19.5 Å². The third kappa shape index (κ3) is 3.71. The van der Waals surface area contributed by atoms with Crippen LogP contribution in [-0.4, -0.2) is 21.3 Å². The summed E-state index contributed by atoms with van der Waals surface area (Å²) in [5.41, 5.74) is 3.87. The molecule has 6 heteroatoms. The van der Waals surface area contributed by atoms with Gasteiger partial charge in [0.25, 0.3) is 0 Å². The molecule has 1 aliphatic rings. The molecule has 1 aliphatic heterocycles. The zero-order chi connectivity index (χ0) is 20.4. The Labute approximate surface area is 175 Å². The number of hydrogen-bond acceptors (Lipinski definition) is 5. The van der Waals surface area contributed by atoms with Crippen LogP contribution in [0.4, 0.5) is 5.69 Å². The standard InChI is InChI=1S/C23H22ClNO4/c1-26-19-11-15(12-20(27-2)22(19)28-3)23-25-18-10-9-16(24)13-17(18)21(29-23)14-7-5-4-6-8-14/h4-13,21,23,25H,1-3H3/t21-,23-/m0/s1. The summed E-state index contributed by atoms with van der Waals surface area (Å²) >= 11 is 6.27. The fraction of sp³-hybridized carbons (Fsp3) is 0.217. The van der Waals surface area contributed by atoms with E-state index in [1.807, 2.05) is 60.7 Å². The summed E-state index contributed by atoms with van der Waals surface area (Å²) in [5, 5.41) is 4.12. The fourth-order valence-corrected chi connectivity index (χ4v) is 3.75. The third-order valence-electron chi connectivity index (χ3n) is 4.95. The second-order valence-electron chi connectivity index (χ2n) is 6.64. The molecular formula is C23H22ClNO4. The second kappa shape index (κ2) is 8.23. The van der Waals surface area contributed by atoms with Gasteiger partial charge in [-0.25, -0.2) is 0 Å². The first-order chi connectivity index (χ1) is 14.1. The van der Waals surface area contributed by atoms with E-state index in [2.05, 4.69) is 5.32 Å². The Morgan fingerprint density at radius 3 is 2.14 bits per heavy atom. The van der Waals surface area contributed by atoms with Crippen LogP contribution >= 0.6 is 11.6 Å². The highest BCUT2D eigenvalue weighted by molar-refractivity contribution is 6.30. The van der Waals surface area contributed by atoms with Crippen LogP contribution in [0.2, 0.25) is 5.02 Å². The fourth-order valence-electron chi connectivity index (χ4n) is 3.57. The van der Waals surface area contributed by atoms with E-state index in [1.165, 1.54) is 0 Å². The molecule has 0 saturated heterocycles. The lowest BCUT2D eigenvalue weighted by Gasteiger charge is -2.34. The maximum atomic E-state index is 6.49. The zero-order valence-electron chi connectivity index (χ0n) is 16.4. The largest absolute Gasteiger partial charge is 0.493 e. The van der Waals surface area contributed by atoms with E-state index in [0.29, 0.717) is 22.3 Å². The average molecular weight is 412 g/mol. The van der Waals surface area contributed by atoms with Crippen molar-refractivity contribution in [3.05, 3.63) is 82.4 Å². The first-order valence-electron chi connectivity index (χ1n) is 9.21. The molecule has 0 bridgehead atoms. The molecule has 0 aliphatic carbocycles. The smallest absolute Gasteiger partial charge is 0.203 e. The molecule has 2 atom stereocenters. The molecule has 1 heterocycles. The van der Waals surface area contributed by atoms with Crippen LogP contribution in [0.15, 0.2) is 60.7 Å². The molecular weight excluding hydrogens is 390 g/mol. The van der Waals surface area contributed by atoms with Crippen LogP contribution in [-0.2, 0) is 4.74 Å². The summed E-state index contributed by atoms with van der Waals surface area (Å²) in [5.74, 6) is 1.69. The number of halogens is 1. The van der Waals surface area contributed by atoms with Crippen molar-refractivity contribution >= 4 is 17.3 Å². The molecule has 5 nitrogen and oxygen atoms in total. The second-order valence-corrected chi connectivity index (χ2v) is 7.08. The summed E-state index contributed by atoms with van der Waals surface area (Å²) in [6.07, 6.45) is -0.683. The Morgan fingerprint density at radius 2 is 1.52 bits per heavy atom. The van der Waals surface area contributed by atoms with Gasteiger partial charge in [-0.2, -0.15) is 0 Å². The normalized spacial score (nSPS) is 17.8. The molecule has 3 aromatic carbocycles. The van der Waals surface area contributed by atoms with Gasteiger partial charge < -0.3 is 24.3 Å². The van der Waals surface area contributed by atoms with E-state index in [9.17, 15) is 0 Å². The van der Waals surface area contributed by atoms with Crippen molar-refractivity contribution in [2.45, 2.75) is 12.3 Å². The van der Waals surface area contributed by atoms with Crippen molar-refractivity contribution in [3.8, 4) is 17.2 Å². The van der Waals surface area contributed by atoms with E-state index in [4.69, 9.17) is 30.5 Å². The number of anilines is 1. The monoisotopic (exact) mass is 411 g/mol. The van der Waals surface area contributed by atoms with Gasteiger partial charge >= 0.3 is 0 Å². The van der Waals surface area contributed by atoms with Crippen molar-refractivity contribution in [1.82, 2.24) is 0 Å². The van der Waals surface area contributed by atoms with Crippen molar-refractivity contribution in [2.75, 3.05) is 26.6 Å². The van der Waals surface area contributed by atoms with Crippen molar-refractivity contribution in [1.29, 1.82) is 0 Å². The molecule has 3 aromatic rings. The highest BCUT2D eigenvalue weighted by atomic mass is 35.5. The van der Waals surface area contributed by atoms with Gasteiger partial charge in [0, 0.05) is 21.8 Å². The minimum absolute atomic E-state index is 0.268. The number of methoxy groups -OCH3 is 3. The molecule has 0 aromatic heterocycles. The molecule has 0 fully saturated rings. The summed E-state index contributed by atoms with van der Waals surface area (Å²) in [4.78, 5) is 0. The summed E-state index contributed by atoms with van der Waals surface area (Å²) in [6.45, 7) is 0. The van der Waals surface area contributed by atoms with Crippen LogP contribution in [0.25, 0.3) is 0 Å². The average Bonchev–Trinajstić information content (AvgIpc) is 2.77. The Bertz CT molecular complexity index is 984. The molecule has 4 rings (SSSR count). The van der Waals surface area contributed by atoms with Crippen LogP contribution in [0.3, 0.4) is 0 Å². The molecule has 0 spiro atoms. The predicted octanol–water partition coefficient (Wildman–Crippen LogP) is 5.60. The number of rotatable bonds is 5. The molecule has 1 N–H and O–H groups in total. The SMILES string of the molecule is COc1cc([C@H]2Nc3ccc(Cl)cc3[C@H](c3ccccc3)O2)cc(OC)c1OC. The van der Waals surface area contributed by atoms with E-state index in [0.717, 1.165) is 22.4 Å². The number of ether oxygens (including phenoxy) is 4. The first kappa shape index (κ1) is 19.4. The van der Waals surface area contributed by atoms with Gasteiger partial charge in [-0.05, 0) is 35.9 Å². The van der Waals surface area contributed by atoms with E-state index < -0.39 is 6.23 Å². The van der Waals surface area contributed by atoms with Gasteiger partial charge in [0.1, 0.15) is 6.10 Å². The van der Waals surface area contributed by atoms with Crippen LogP contribution in [0.5, 0.6) is 17.2 Å². The van der Waals surface area contributed by atoms with Gasteiger partial charge in [-0.15, -0.1) is 0 Å². The minimum Gasteiger partial charge on any atom is -0.493 e. The predicted molar refractivity (Wildman–Crippen MR) is 113 cm³/mol. The van der Waals surface area contributed by atoms with Crippen molar-refractivity contribution in [2.24, 2.45) is 0 Å². The Hall–Kier alpha value is -2.89. The van der Waals surface area contributed by atoms with E-state index in [-0.39, 0.29) is 6.10 Å². The van der Waals surface area contributed by atoms with Gasteiger partial charge in [-0.1, -0.05) is 41.9 Å². The highest BCUT2D eigenvalue weighted by Gasteiger charge is 2.30. The lowest BCUT2D eigenvalue weighted by molar-refractivity contribution is 0.0155. The molecule has 150 valence electrons. The topological polar surface area (TPSA) is 49.0 Å². The maximum Gasteiger partial charge on any atom is 0.203 e. The number of hydrogen-bond donors (Lipinski definition) is 1. The number of nitrogens with one attached hydrogen (secondary N) is 1. The quantitative estimate of drug-likeness (QED) is 0.592. The van der Waals surface area contributed by atoms with Crippen molar-refractivity contribution < 1.29 is 18.9 Å². The Balaban J connectivity index is 1.79. The summed E-state index contributed by atoms with van der Waals surface area (Å²) in [6, 6.07) is 19.6. The van der Waals surface area contributed by atoms with E-state index >= 15 is 0 Å². The molecule has 0 saturated carbocycles. The maximum absolute atomic E-state index is 6.49. The molecule has 29 heavy (non-hydrogen) atoms. The highest BCUT2D eigenvalue weighted by Crippen LogP contribution is 2.45. The van der Waals surface area contributed by atoms with Crippen molar-refractivity contribution in [3.63, 3.8) is 0 Å². The van der Waals surface area contributed by atoms with Gasteiger partial charge in [0.15, 0.2) is 17.7 Å². The van der Waals surface area contributed by atoms with E-state index in [1.54, 1.807) is 21.3 Å².